The molecule has 3 N–H and O–H groups in total. The first-order chi connectivity index (χ1) is 13.3. The standard InChI is InChI=1S/C20H20ClN3O3S/c1-13-3-5-15(6-4-13)7-10-18(25)22-20(28)24-23-19(26)12-27-17-9-8-16(21)11-14(17)2/h3-11H,12H2,1-2H3,(H,23,26)(H2,22,24,25,28). The minimum atomic E-state index is -0.457. The van der Waals surface area contributed by atoms with Crippen LogP contribution in [0.2, 0.25) is 5.02 Å². The van der Waals surface area contributed by atoms with E-state index in [0.717, 1.165) is 16.7 Å². The lowest BCUT2D eigenvalue weighted by Crippen LogP contribution is -2.49. The number of carbonyl (C=O) groups is 2. The van der Waals surface area contributed by atoms with Gasteiger partial charge in [0.2, 0.25) is 5.91 Å². The molecule has 0 saturated carbocycles. The lowest BCUT2D eigenvalue weighted by molar-refractivity contribution is -0.123. The van der Waals surface area contributed by atoms with E-state index >= 15 is 0 Å². The number of hydrazine groups is 1. The van der Waals surface area contributed by atoms with Gasteiger partial charge in [0.25, 0.3) is 5.91 Å². The molecule has 0 unspecified atom stereocenters. The fourth-order valence-electron chi connectivity index (χ4n) is 2.11. The summed E-state index contributed by atoms with van der Waals surface area (Å²) >= 11 is 10.8. The van der Waals surface area contributed by atoms with Crippen molar-refractivity contribution >= 4 is 46.8 Å². The lowest BCUT2D eigenvalue weighted by atomic mass is 10.1. The van der Waals surface area contributed by atoms with Crippen LogP contribution in [0.4, 0.5) is 0 Å². The van der Waals surface area contributed by atoms with Crippen molar-refractivity contribution in [2.75, 3.05) is 6.61 Å². The highest BCUT2D eigenvalue weighted by atomic mass is 35.5. The number of carbonyl (C=O) groups excluding carboxylic acids is 2. The molecular weight excluding hydrogens is 398 g/mol. The normalized spacial score (nSPS) is 10.4. The fourth-order valence-corrected chi connectivity index (χ4v) is 2.49. The summed E-state index contributed by atoms with van der Waals surface area (Å²) < 4.78 is 5.41. The Hall–Kier alpha value is -2.90. The number of ether oxygens (including phenoxy) is 1. The Morgan fingerprint density at radius 3 is 2.50 bits per heavy atom. The Morgan fingerprint density at radius 2 is 1.82 bits per heavy atom. The number of halogens is 1. The maximum absolute atomic E-state index is 11.8. The highest BCUT2D eigenvalue weighted by molar-refractivity contribution is 7.80. The average Bonchev–Trinajstić information content (AvgIpc) is 2.65. The van der Waals surface area contributed by atoms with Crippen LogP contribution in [0, 0.1) is 13.8 Å². The zero-order valence-corrected chi connectivity index (χ0v) is 17.0. The van der Waals surface area contributed by atoms with Crippen LogP contribution in [0.1, 0.15) is 16.7 Å². The van der Waals surface area contributed by atoms with E-state index in [1.807, 2.05) is 38.1 Å². The quantitative estimate of drug-likeness (QED) is 0.396. The summed E-state index contributed by atoms with van der Waals surface area (Å²) in [4.78, 5) is 23.7. The number of aryl methyl sites for hydroxylation is 2. The van der Waals surface area contributed by atoms with Gasteiger partial charge in [0.1, 0.15) is 5.75 Å². The first kappa shape index (κ1) is 21.4. The summed E-state index contributed by atoms with van der Waals surface area (Å²) in [6.45, 7) is 3.59. The Kier molecular flexibility index (Phi) is 7.98. The highest BCUT2D eigenvalue weighted by Gasteiger charge is 2.07. The fraction of sp³-hybridized carbons (Fsp3) is 0.150. The number of nitrogens with one attached hydrogen (secondary N) is 3. The zero-order valence-electron chi connectivity index (χ0n) is 15.4. The molecule has 0 atom stereocenters. The van der Waals surface area contributed by atoms with Crippen LogP contribution in [-0.4, -0.2) is 23.5 Å². The van der Waals surface area contributed by atoms with E-state index in [-0.39, 0.29) is 11.7 Å². The molecule has 0 aromatic heterocycles. The van der Waals surface area contributed by atoms with Crippen LogP contribution < -0.4 is 20.9 Å². The first-order valence-electron chi connectivity index (χ1n) is 8.37. The van der Waals surface area contributed by atoms with Crippen molar-refractivity contribution in [2.45, 2.75) is 13.8 Å². The van der Waals surface area contributed by atoms with Gasteiger partial charge in [-0.15, -0.1) is 0 Å². The molecule has 2 rings (SSSR count). The van der Waals surface area contributed by atoms with Crippen LogP contribution in [0.25, 0.3) is 6.08 Å². The van der Waals surface area contributed by atoms with Crippen molar-refractivity contribution in [3.8, 4) is 5.75 Å². The second-order valence-corrected chi connectivity index (χ2v) is 6.78. The van der Waals surface area contributed by atoms with Gasteiger partial charge < -0.3 is 4.74 Å². The van der Waals surface area contributed by atoms with Crippen LogP contribution in [0.5, 0.6) is 5.75 Å². The predicted octanol–water partition coefficient (Wildman–Crippen LogP) is 3.07. The number of benzene rings is 2. The van der Waals surface area contributed by atoms with Crippen LogP contribution in [0.15, 0.2) is 48.5 Å². The molecule has 0 aliphatic rings. The van der Waals surface area contributed by atoms with Gasteiger partial charge in [-0.05, 0) is 61.5 Å². The predicted molar refractivity (Wildman–Crippen MR) is 114 cm³/mol. The van der Waals surface area contributed by atoms with Gasteiger partial charge in [0.15, 0.2) is 11.7 Å². The molecule has 0 radical (unpaired) electrons. The van der Waals surface area contributed by atoms with Gasteiger partial charge in [-0.1, -0.05) is 41.4 Å². The summed E-state index contributed by atoms with van der Waals surface area (Å²) in [5, 5.41) is 2.99. The van der Waals surface area contributed by atoms with E-state index in [1.54, 1.807) is 24.3 Å². The number of amides is 2. The largest absolute Gasteiger partial charge is 0.483 e. The Morgan fingerprint density at radius 1 is 1.11 bits per heavy atom. The van der Waals surface area contributed by atoms with Crippen molar-refractivity contribution in [1.29, 1.82) is 0 Å². The number of hydrogen-bond acceptors (Lipinski definition) is 4. The molecule has 0 fully saturated rings. The van der Waals surface area contributed by atoms with Gasteiger partial charge in [-0.2, -0.15) is 0 Å². The van der Waals surface area contributed by atoms with Crippen molar-refractivity contribution < 1.29 is 14.3 Å². The molecule has 8 heteroatoms. The summed E-state index contributed by atoms with van der Waals surface area (Å²) in [5.74, 6) is -0.321. The molecule has 0 spiro atoms. The van der Waals surface area contributed by atoms with E-state index in [9.17, 15) is 9.59 Å². The molecule has 28 heavy (non-hydrogen) atoms. The van der Waals surface area contributed by atoms with Crippen molar-refractivity contribution in [3.63, 3.8) is 0 Å². The smallest absolute Gasteiger partial charge is 0.276 e. The Balaban J connectivity index is 1.71. The topological polar surface area (TPSA) is 79.5 Å². The second kappa shape index (κ2) is 10.4. The third kappa shape index (κ3) is 7.38. The maximum Gasteiger partial charge on any atom is 0.276 e. The molecule has 0 aliphatic heterocycles. The number of rotatable bonds is 5. The average molecular weight is 418 g/mol. The molecule has 2 aromatic rings. The van der Waals surface area contributed by atoms with Gasteiger partial charge in [0.05, 0.1) is 0 Å². The molecule has 0 bridgehead atoms. The molecule has 2 aromatic carbocycles. The summed E-state index contributed by atoms with van der Waals surface area (Å²) in [7, 11) is 0. The van der Waals surface area contributed by atoms with Crippen LogP contribution in [0.3, 0.4) is 0 Å². The zero-order chi connectivity index (χ0) is 20.5. The number of hydrogen-bond donors (Lipinski definition) is 3. The second-order valence-electron chi connectivity index (χ2n) is 5.93. The van der Waals surface area contributed by atoms with Crippen LogP contribution in [-0.2, 0) is 9.59 Å². The highest BCUT2D eigenvalue weighted by Crippen LogP contribution is 2.21. The monoisotopic (exact) mass is 417 g/mol. The Labute approximate surface area is 173 Å². The molecule has 2 amide bonds. The molecule has 6 nitrogen and oxygen atoms in total. The maximum atomic E-state index is 11.8. The van der Waals surface area contributed by atoms with E-state index in [0.29, 0.717) is 10.8 Å². The minimum Gasteiger partial charge on any atom is -0.483 e. The van der Waals surface area contributed by atoms with Gasteiger partial charge >= 0.3 is 0 Å². The first-order valence-corrected chi connectivity index (χ1v) is 9.15. The minimum absolute atomic E-state index is 0.0328. The number of thiocarbonyl (C=S) groups is 1. The van der Waals surface area contributed by atoms with Crippen molar-refractivity contribution in [1.82, 2.24) is 16.2 Å². The van der Waals surface area contributed by atoms with Gasteiger partial charge in [-0.3, -0.25) is 25.8 Å². The summed E-state index contributed by atoms with van der Waals surface area (Å²) in [6, 6.07) is 12.8. The van der Waals surface area contributed by atoms with Gasteiger partial charge in [0, 0.05) is 11.1 Å². The molecule has 146 valence electrons. The van der Waals surface area contributed by atoms with E-state index in [1.165, 1.54) is 6.08 Å². The molecule has 0 aliphatic carbocycles. The molecule has 0 saturated heterocycles. The third-order valence-corrected chi connectivity index (χ3v) is 3.99. The molecular formula is C20H20ClN3O3S. The molecule has 0 heterocycles. The van der Waals surface area contributed by atoms with E-state index in [4.69, 9.17) is 28.6 Å². The van der Waals surface area contributed by atoms with Crippen LogP contribution >= 0.6 is 23.8 Å². The van der Waals surface area contributed by atoms with E-state index in [2.05, 4.69) is 16.2 Å². The van der Waals surface area contributed by atoms with Crippen molar-refractivity contribution in [2.24, 2.45) is 0 Å². The SMILES string of the molecule is Cc1ccc(C=CC(=O)NC(=S)NNC(=O)COc2ccc(Cl)cc2C)cc1. The summed E-state index contributed by atoms with van der Waals surface area (Å²) in [6.07, 6.45) is 3.02. The Bertz CT molecular complexity index is 898. The van der Waals surface area contributed by atoms with Crippen molar-refractivity contribution in [3.05, 3.63) is 70.3 Å². The lowest BCUT2D eigenvalue weighted by Gasteiger charge is -2.11. The summed E-state index contributed by atoms with van der Waals surface area (Å²) in [5.41, 5.74) is 7.64. The van der Waals surface area contributed by atoms with E-state index < -0.39 is 11.8 Å². The van der Waals surface area contributed by atoms with Gasteiger partial charge in [-0.25, -0.2) is 0 Å². The third-order valence-electron chi connectivity index (χ3n) is 3.55.